The summed E-state index contributed by atoms with van der Waals surface area (Å²) in [6.45, 7) is 2.25. The molecule has 7 heteroatoms. The number of ether oxygens (including phenoxy) is 3. The normalized spacial score (nSPS) is 27.9. The SMILES string of the molecule is Br.CCCCCCCCCC(=O)OC[C@@H](C(=O)OC1C[C@@H]2[C@H]3O[C@H]3[C@H](C1)N2C)c1ccccc1. The van der Waals surface area contributed by atoms with E-state index in [1.807, 2.05) is 30.3 Å². The molecule has 1 unspecified atom stereocenters. The van der Waals surface area contributed by atoms with Crippen LogP contribution in [0.25, 0.3) is 0 Å². The van der Waals surface area contributed by atoms with Gasteiger partial charge in [-0.2, -0.15) is 0 Å². The van der Waals surface area contributed by atoms with E-state index in [1.165, 1.54) is 25.7 Å². The zero-order chi connectivity index (χ0) is 23.2. The maximum atomic E-state index is 13.2. The molecule has 2 bridgehead atoms. The van der Waals surface area contributed by atoms with Crippen LogP contribution in [-0.4, -0.2) is 60.9 Å². The van der Waals surface area contributed by atoms with Crippen molar-refractivity contribution < 1.29 is 23.8 Å². The van der Waals surface area contributed by atoms with Crippen molar-refractivity contribution in [3.8, 4) is 0 Å². The first kappa shape index (κ1) is 27.2. The summed E-state index contributed by atoms with van der Waals surface area (Å²) in [6.07, 6.45) is 10.6. The minimum atomic E-state index is -0.590. The third-order valence-electron chi connectivity index (χ3n) is 7.54. The van der Waals surface area contributed by atoms with Crippen LogP contribution in [0.4, 0.5) is 0 Å². The summed E-state index contributed by atoms with van der Waals surface area (Å²) in [5, 5.41) is 0. The number of fused-ring (bicyclic) bond motifs is 5. The number of hydrogen-bond donors (Lipinski definition) is 0. The van der Waals surface area contributed by atoms with Crippen LogP contribution in [0.5, 0.6) is 0 Å². The third-order valence-corrected chi connectivity index (χ3v) is 7.54. The quantitative estimate of drug-likeness (QED) is 0.196. The van der Waals surface area contributed by atoms with E-state index in [-0.39, 0.29) is 41.6 Å². The fourth-order valence-corrected chi connectivity index (χ4v) is 5.50. The lowest BCUT2D eigenvalue weighted by molar-refractivity contribution is -0.159. The molecular weight excluding hydrogens is 498 g/mol. The molecule has 34 heavy (non-hydrogen) atoms. The topological polar surface area (TPSA) is 68.4 Å². The van der Waals surface area contributed by atoms with E-state index in [4.69, 9.17) is 14.2 Å². The monoisotopic (exact) mass is 537 g/mol. The van der Waals surface area contributed by atoms with Crippen molar-refractivity contribution in [1.29, 1.82) is 0 Å². The molecule has 1 aromatic carbocycles. The van der Waals surface area contributed by atoms with Crippen molar-refractivity contribution in [1.82, 2.24) is 4.90 Å². The molecule has 0 saturated carbocycles. The summed E-state index contributed by atoms with van der Waals surface area (Å²) in [5.74, 6) is -1.12. The zero-order valence-corrected chi connectivity index (χ0v) is 22.2. The third kappa shape index (κ3) is 6.82. The highest BCUT2D eigenvalue weighted by atomic mass is 79.9. The summed E-state index contributed by atoms with van der Waals surface area (Å²) >= 11 is 0. The molecule has 0 N–H and O–H groups in total. The van der Waals surface area contributed by atoms with Crippen LogP contribution in [0.1, 0.15) is 82.6 Å². The highest BCUT2D eigenvalue weighted by molar-refractivity contribution is 8.93. The number of benzene rings is 1. The van der Waals surface area contributed by atoms with Gasteiger partial charge in [-0.1, -0.05) is 75.8 Å². The van der Waals surface area contributed by atoms with Gasteiger partial charge >= 0.3 is 11.9 Å². The smallest absolute Gasteiger partial charge is 0.317 e. The standard InChI is InChI=1S/C27H39NO5.BrH/c1-3-4-5-6-7-8-12-15-24(29)31-18-21(19-13-10-9-11-14-19)27(30)32-20-16-22-25-26(33-25)23(17-20)28(22)2;/h9-11,13-14,20-23,25-26H,3-8,12,15-18H2,1-2H3;1H/t20?,21-,22-,23+,25-,26+;/m1./s1. The van der Waals surface area contributed by atoms with Crippen LogP contribution < -0.4 is 0 Å². The van der Waals surface area contributed by atoms with Gasteiger partial charge in [0.15, 0.2) is 0 Å². The lowest BCUT2D eigenvalue weighted by atomic mass is 9.97. The summed E-state index contributed by atoms with van der Waals surface area (Å²) in [6, 6.07) is 10.2. The largest absolute Gasteiger partial charge is 0.464 e. The van der Waals surface area contributed by atoms with E-state index >= 15 is 0 Å². The second-order valence-corrected chi connectivity index (χ2v) is 9.91. The van der Waals surface area contributed by atoms with Crippen LogP contribution in [0.2, 0.25) is 0 Å². The van der Waals surface area contributed by atoms with Gasteiger partial charge in [0.2, 0.25) is 0 Å². The summed E-state index contributed by atoms with van der Waals surface area (Å²) in [4.78, 5) is 27.8. The molecule has 0 aromatic heterocycles. The molecule has 3 aliphatic heterocycles. The molecule has 6 nitrogen and oxygen atoms in total. The van der Waals surface area contributed by atoms with Crippen molar-refractivity contribution >= 4 is 28.9 Å². The van der Waals surface area contributed by atoms with Crippen molar-refractivity contribution in [3.05, 3.63) is 35.9 Å². The van der Waals surface area contributed by atoms with E-state index in [0.29, 0.717) is 30.7 Å². The van der Waals surface area contributed by atoms with Gasteiger partial charge in [-0.3, -0.25) is 14.5 Å². The molecule has 3 aliphatic rings. The molecule has 3 saturated heterocycles. The number of carbonyl (C=O) groups excluding carboxylic acids is 2. The maximum absolute atomic E-state index is 13.2. The van der Waals surface area contributed by atoms with Gasteiger partial charge in [-0.25, -0.2) is 0 Å². The molecule has 190 valence electrons. The fourth-order valence-electron chi connectivity index (χ4n) is 5.50. The Bertz CT molecular complexity index is 772. The van der Waals surface area contributed by atoms with Crippen LogP contribution in [0.15, 0.2) is 30.3 Å². The Morgan fingerprint density at radius 2 is 1.62 bits per heavy atom. The first-order valence-corrected chi connectivity index (χ1v) is 12.9. The second kappa shape index (κ2) is 13.0. The summed E-state index contributed by atoms with van der Waals surface area (Å²) in [5.41, 5.74) is 0.827. The van der Waals surface area contributed by atoms with Gasteiger partial charge in [0.1, 0.15) is 30.8 Å². The summed E-state index contributed by atoms with van der Waals surface area (Å²) in [7, 11) is 2.14. The number of piperidine rings is 1. The molecule has 0 amide bonds. The lowest BCUT2D eigenvalue weighted by Crippen LogP contribution is -2.48. The number of hydrogen-bond acceptors (Lipinski definition) is 6. The van der Waals surface area contributed by atoms with Crippen molar-refractivity contribution in [3.63, 3.8) is 0 Å². The van der Waals surface area contributed by atoms with Gasteiger partial charge in [-0.15, -0.1) is 17.0 Å². The number of morpholine rings is 1. The molecule has 0 radical (unpaired) electrons. The van der Waals surface area contributed by atoms with E-state index in [1.54, 1.807) is 0 Å². The minimum Gasteiger partial charge on any atom is -0.464 e. The first-order chi connectivity index (χ1) is 16.1. The fraction of sp³-hybridized carbons (Fsp3) is 0.704. The Hall–Kier alpha value is -1.44. The molecule has 3 fully saturated rings. The van der Waals surface area contributed by atoms with Gasteiger partial charge < -0.3 is 14.2 Å². The molecule has 3 heterocycles. The van der Waals surface area contributed by atoms with Gasteiger partial charge in [0.25, 0.3) is 0 Å². The number of carbonyl (C=O) groups is 2. The zero-order valence-electron chi connectivity index (χ0n) is 20.5. The Kier molecular flexibility index (Phi) is 10.4. The predicted octanol–water partition coefficient (Wildman–Crippen LogP) is 5.19. The number of rotatable bonds is 13. The number of likely N-dealkylation sites (N-methyl/N-ethyl adjacent to an activating group) is 1. The molecule has 6 atom stereocenters. The molecule has 0 aliphatic carbocycles. The number of epoxide rings is 1. The van der Waals surface area contributed by atoms with Crippen molar-refractivity contribution in [2.24, 2.45) is 0 Å². The van der Waals surface area contributed by atoms with Gasteiger partial charge in [0, 0.05) is 31.3 Å². The van der Waals surface area contributed by atoms with E-state index in [2.05, 4.69) is 18.9 Å². The van der Waals surface area contributed by atoms with Crippen LogP contribution in [0.3, 0.4) is 0 Å². The minimum absolute atomic E-state index is 0. The Labute approximate surface area is 214 Å². The molecule has 0 spiro atoms. The number of halogens is 1. The highest BCUT2D eigenvalue weighted by Gasteiger charge is 2.62. The number of unbranched alkanes of at least 4 members (excludes halogenated alkanes) is 6. The maximum Gasteiger partial charge on any atom is 0.317 e. The van der Waals surface area contributed by atoms with E-state index in [9.17, 15) is 9.59 Å². The average molecular weight is 539 g/mol. The van der Waals surface area contributed by atoms with Crippen LogP contribution in [0, 0.1) is 0 Å². The summed E-state index contributed by atoms with van der Waals surface area (Å²) < 4.78 is 17.3. The van der Waals surface area contributed by atoms with Crippen LogP contribution in [-0.2, 0) is 23.8 Å². The number of esters is 2. The van der Waals surface area contributed by atoms with Gasteiger partial charge in [-0.05, 0) is 19.0 Å². The first-order valence-electron chi connectivity index (χ1n) is 12.9. The molecule has 1 aromatic rings. The number of nitrogens with zero attached hydrogens (tertiary/aromatic N) is 1. The molecular formula is C27H40BrNO5. The van der Waals surface area contributed by atoms with Crippen molar-refractivity contribution in [2.75, 3.05) is 13.7 Å². The van der Waals surface area contributed by atoms with Crippen molar-refractivity contribution in [2.45, 2.75) is 107 Å². The highest BCUT2D eigenvalue weighted by Crippen LogP contribution is 2.48. The van der Waals surface area contributed by atoms with E-state index in [0.717, 1.165) is 37.7 Å². The predicted molar refractivity (Wildman–Crippen MR) is 136 cm³/mol. The Morgan fingerprint density at radius 1 is 1.00 bits per heavy atom. The molecule has 4 rings (SSSR count). The van der Waals surface area contributed by atoms with E-state index < -0.39 is 5.92 Å². The Morgan fingerprint density at radius 3 is 2.26 bits per heavy atom. The average Bonchev–Trinajstić information content (AvgIpc) is 3.58. The lowest BCUT2D eigenvalue weighted by Gasteiger charge is -2.38. The second-order valence-electron chi connectivity index (χ2n) is 9.91. The van der Waals surface area contributed by atoms with Gasteiger partial charge in [0.05, 0.1) is 0 Å². The van der Waals surface area contributed by atoms with Crippen LogP contribution >= 0.6 is 17.0 Å². The Balaban J connectivity index is 0.00000324.